The molecule has 110 valence electrons. The Kier molecular flexibility index (Phi) is 4.26. The van der Waals surface area contributed by atoms with Crippen molar-refractivity contribution in [1.29, 1.82) is 0 Å². The molecule has 2 fully saturated rings. The maximum Gasteiger partial charge on any atom is 0.134 e. The first kappa shape index (κ1) is 14.3. The summed E-state index contributed by atoms with van der Waals surface area (Å²) in [5.74, 6) is 2.30. The number of anilines is 1. The van der Waals surface area contributed by atoms with Gasteiger partial charge in [-0.15, -0.1) is 0 Å². The van der Waals surface area contributed by atoms with E-state index in [2.05, 4.69) is 39.7 Å². The van der Waals surface area contributed by atoms with Crippen molar-refractivity contribution in [3.8, 4) is 0 Å². The number of hydrogen-bond donors (Lipinski definition) is 0. The molecule has 0 radical (unpaired) electrons. The standard InChI is InChI=1S/C15H22BrN3O/c1-10(2)15-17-13(16)9-14(18-15)19-7-8-20-12-6-4-3-5-11(12)19/h9-12H,3-8H2,1-2H3. The molecule has 2 aliphatic rings. The summed E-state index contributed by atoms with van der Waals surface area (Å²) < 4.78 is 6.82. The van der Waals surface area contributed by atoms with E-state index in [0.29, 0.717) is 18.1 Å². The molecule has 20 heavy (non-hydrogen) atoms. The average Bonchev–Trinajstić information content (AvgIpc) is 2.46. The smallest absolute Gasteiger partial charge is 0.134 e. The number of fused-ring (bicyclic) bond motifs is 1. The van der Waals surface area contributed by atoms with Gasteiger partial charge < -0.3 is 9.64 Å². The third-order valence-corrected chi connectivity index (χ3v) is 4.65. The van der Waals surface area contributed by atoms with Crippen molar-refractivity contribution in [1.82, 2.24) is 9.97 Å². The maximum atomic E-state index is 5.94. The number of hydrogen-bond acceptors (Lipinski definition) is 4. The molecule has 0 amide bonds. The molecular weight excluding hydrogens is 318 g/mol. The van der Waals surface area contributed by atoms with Crippen LogP contribution >= 0.6 is 15.9 Å². The highest BCUT2D eigenvalue weighted by Gasteiger charge is 2.35. The Morgan fingerprint density at radius 2 is 2.10 bits per heavy atom. The van der Waals surface area contributed by atoms with E-state index in [4.69, 9.17) is 9.72 Å². The first-order valence-electron chi connectivity index (χ1n) is 7.58. The minimum absolute atomic E-state index is 0.342. The lowest BCUT2D eigenvalue weighted by Crippen LogP contribution is -2.53. The summed E-state index contributed by atoms with van der Waals surface area (Å²) in [5, 5.41) is 0. The van der Waals surface area contributed by atoms with Crippen molar-refractivity contribution < 1.29 is 4.74 Å². The highest BCUT2D eigenvalue weighted by atomic mass is 79.9. The molecule has 3 rings (SSSR count). The average molecular weight is 340 g/mol. The highest BCUT2D eigenvalue weighted by molar-refractivity contribution is 9.10. The monoisotopic (exact) mass is 339 g/mol. The SMILES string of the molecule is CC(C)c1nc(Br)cc(N2CCOC3CCCCC32)n1. The molecule has 2 unspecified atom stereocenters. The van der Waals surface area contributed by atoms with Gasteiger partial charge >= 0.3 is 0 Å². The molecular formula is C15H22BrN3O. The van der Waals surface area contributed by atoms with Gasteiger partial charge in [-0.25, -0.2) is 9.97 Å². The van der Waals surface area contributed by atoms with Crippen LogP contribution in [0.3, 0.4) is 0 Å². The molecule has 0 spiro atoms. The van der Waals surface area contributed by atoms with Crippen LogP contribution in [0.5, 0.6) is 0 Å². The number of halogens is 1. The molecule has 1 saturated heterocycles. The van der Waals surface area contributed by atoms with E-state index in [-0.39, 0.29) is 0 Å². The van der Waals surface area contributed by atoms with Crippen LogP contribution in [0.25, 0.3) is 0 Å². The second kappa shape index (κ2) is 5.98. The van der Waals surface area contributed by atoms with Gasteiger partial charge in [0.1, 0.15) is 16.2 Å². The van der Waals surface area contributed by atoms with E-state index in [1.54, 1.807) is 0 Å². The molecule has 2 heterocycles. The van der Waals surface area contributed by atoms with Gasteiger partial charge in [-0.1, -0.05) is 26.7 Å². The van der Waals surface area contributed by atoms with Crippen LogP contribution in [0, 0.1) is 0 Å². The van der Waals surface area contributed by atoms with Crippen LogP contribution in [0.1, 0.15) is 51.3 Å². The van der Waals surface area contributed by atoms with Crippen molar-refractivity contribution in [3.63, 3.8) is 0 Å². The minimum atomic E-state index is 0.342. The van der Waals surface area contributed by atoms with Crippen molar-refractivity contribution in [3.05, 3.63) is 16.5 Å². The highest BCUT2D eigenvalue weighted by Crippen LogP contribution is 2.32. The zero-order chi connectivity index (χ0) is 14.1. The van der Waals surface area contributed by atoms with Crippen LogP contribution in [-0.2, 0) is 4.74 Å². The molecule has 5 heteroatoms. The lowest BCUT2D eigenvalue weighted by Gasteiger charge is -2.44. The lowest BCUT2D eigenvalue weighted by atomic mass is 9.90. The molecule has 1 saturated carbocycles. The summed E-state index contributed by atoms with van der Waals surface area (Å²) in [4.78, 5) is 11.7. The van der Waals surface area contributed by atoms with E-state index in [1.807, 2.05) is 6.07 Å². The Morgan fingerprint density at radius 3 is 2.90 bits per heavy atom. The van der Waals surface area contributed by atoms with E-state index < -0.39 is 0 Å². The zero-order valence-electron chi connectivity index (χ0n) is 12.2. The molecule has 4 nitrogen and oxygen atoms in total. The maximum absolute atomic E-state index is 5.94. The molecule has 1 aliphatic carbocycles. The molecule has 1 aromatic rings. The van der Waals surface area contributed by atoms with Gasteiger partial charge in [0.2, 0.25) is 0 Å². The molecule has 0 N–H and O–H groups in total. The summed E-state index contributed by atoms with van der Waals surface area (Å²) in [6.45, 7) is 6.00. The number of aromatic nitrogens is 2. The second-order valence-electron chi connectivity index (χ2n) is 6.02. The van der Waals surface area contributed by atoms with Crippen molar-refractivity contribution in [2.45, 2.75) is 57.6 Å². The summed E-state index contributed by atoms with van der Waals surface area (Å²) in [6, 6.07) is 2.53. The van der Waals surface area contributed by atoms with Gasteiger partial charge in [-0.05, 0) is 28.8 Å². The predicted octanol–water partition coefficient (Wildman–Crippen LogP) is 3.51. The molecule has 1 aromatic heterocycles. The third-order valence-electron chi connectivity index (χ3n) is 4.24. The van der Waals surface area contributed by atoms with Crippen LogP contribution in [0.15, 0.2) is 10.7 Å². The van der Waals surface area contributed by atoms with Gasteiger partial charge in [-0.2, -0.15) is 0 Å². The normalized spacial score (nSPS) is 26.7. The van der Waals surface area contributed by atoms with Gasteiger partial charge in [-0.3, -0.25) is 0 Å². The number of morpholine rings is 1. The van der Waals surface area contributed by atoms with E-state index >= 15 is 0 Å². The molecule has 1 aliphatic heterocycles. The van der Waals surface area contributed by atoms with E-state index in [0.717, 1.165) is 29.4 Å². The quantitative estimate of drug-likeness (QED) is 0.773. The topological polar surface area (TPSA) is 38.2 Å². The molecule has 2 atom stereocenters. The van der Waals surface area contributed by atoms with Gasteiger partial charge in [0.05, 0.1) is 18.8 Å². The fourth-order valence-electron chi connectivity index (χ4n) is 3.21. The number of nitrogens with zero attached hydrogens (tertiary/aromatic N) is 3. The van der Waals surface area contributed by atoms with E-state index in [1.165, 1.54) is 25.7 Å². The van der Waals surface area contributed by atoms with Crippen molar-refractivity contribution in [2.75, 3.05) is 18.1 Å². The Morgan fingerprint density at radius 1 is 1.30 bits per heavy atom. The first-order valence-corrected chi connectivity index (χ1v) is 8.37. The zero-order valence-corrected chi connectivity index (χ0v) is 13.8. The summed E-state index contributed by atoms with van der Waals surface area (Å²) in [5.41, 5.74) is 0. The first-order chi connectivity index (χ1) is 9.65. The largest absolute Gasteiger partial charge is 0.374 e. The number of ether oxygens (including phenoxy) is 1. The summed E-state index contributed by atoms with van der Waals surface area (Å²) in [6.07, 6.45) is 5.37. The Bertz CT molecular complexity index is 478. The Labute approximate surface area is 129 Å². The summed E-state index contributed by atoms with van der Waals surface area (Å²) >= 11 is 3.53. The summed E-state index contributed by atoms with van der Waals surface area (Å²) in [7, 11) is 0. The van der Waals surface area contributed by atoms with Gasteiger partial charge in [0, 0.05) is 18.5 Å². The van der Waals surface area contributed by atoms with Crippen LogP contribution < -0.4 is 4.90 Å². The van der Waals surface area contributed by atoms with Crippen LogP contribution in [0.4, 0.5) is 5.82 Å². The van der Waals surface area contributed by atoms with Crippen LogP contribution in [0.2, 0.25) is 0 Å². The van der Waals surface area contributed by atoms with Gasteiger partial charge in [0.15, 0.2) is 0 Å². The lowest BCUT2D eigenvalue weighted by molar-refractivity contribution is -0.00901. The van der Waals surface area contributed by atoms with E-state index in [9.17, 15) is 0 Å². The molecule has 0 bridgehead atoms. The second-order valence-corrected chi connectivity index (χ2v) is 6.83. The van der Waals surface area contributed by atoms with Crippen LogP contribution in [-0.4, -0.2) is 35.3 Å². The Hall–Kier alpha value is -0.680. The van der Waals surface area contributed by atoms with Crippen molar-refractivity contribution in [2.24, 2.45) is 0 Å². The van der Waals surface area contributed by atoms with Gasteiger partial charge in [0.25, 0.3) is 0 Å². The Balaban J connectivity index is 1.90. The number of rotatable bonds is 2. The third kappa shape index (κ3) is 2.84. The minimum Gasteiger partial charge on any atom is -0.374 e. The van der Waals surface area contributed by atoms with Crippen molar-refractivity contribution >= 4 is 21.7 Å². The molecule has 0 aromatic carbocycles. The fourth-order valence-corrected chi connectivity index (χ4v) is 3.60. The fraction of sp³-hybridized carbons (Fsp3) is 0.733. The predicted molar refractivity (Wildman–Crippen MR) is 83.2 cm³/mol.